The van der Waals surface area contributed by atoms with Crippen LogP contribution in [0.5, 0.6) is 0 Å². The summed E-state index contributed by atoms with van der Waals surface area (Å²) in [4.78, 5) is 53.2. The second-order valence-electron chi connectivity index (χ2n) is 12.9. The van der Waals surface area contributed by atoms with E-state index in [-0.39, 0.29) is 24.1 Å². The molecule has 0 radical (unpaired) electrons. The van der Waals surface area contributed by atoms with Crippen molar-refractivity contribution in [3.8, 4) is 0 Å². The summed E-state index contributed by atoms with van der Waals surface area (Å²) >= 11 is 0. The zero-order valence-electron chi connectivity index (χ0n) is 24.9. The fourth-order valence-corrected chi connectivity index (χ4v) is 8.78. The zero-order chi connectivity index (χ0) is 30.0. The number of amides is 3. The minimum Gasteiger partial charge on any atom is -0.446 e. The Labute approximate surface area is 243 Å². The molecule has 2 aliphatic carbocycles. The van der Waals surface area contributed by atoms with Crippen LogP contribution >= 0.6 is 7.37 Å². The van der Waals surface area contributed by atoms with E-state index in [4.69, 9.17) is 4.74 Å². The molecule has 1 aromatic carbocycles. The number of hydrogen-bond acceptors (Lipinski definition) is 5. The highest BCUT2D eigenvalue weighted by Gasteiger charge is 2.65. The van der Waals surface area contributed by atoms with Crippen LogP contribution in [0, 0.1) is 11.3 Å². The summed E-state index contributed by atoms with van der Waals surface area (Å²) in [5.74, 6) is -1.14. The number of rotatable bonds is 10. The first-order chi connectivity index (χ1) is 19.3. The van der Waals surface area contributed by atoms with Gasteiger partial charge in [0.1, 0.15) is 23.5 Å². The smallest absolute Gasteiger partial charge is 0.408 e. The third-order valence-electron chi connectivity index (χ3n) is 8.91. The minimum absolute atomic E-state index is 0.0476. The van der Waals surface area contributed by atoms with Gasteiger partial charge >= 0.3 is 6.09 Å². The zero-order valence-corrected chi connectivity index (χ0v) is 25.8. The van der Waals surface area contributed by atoms with Crippen molar-refractivity contribution in [1.82, 2.24) is 15.5 Å². The lowest BCUT2D eigenvalue weighted by Crippen LogP contribution is -2.58. The van der Waals surface area contributed by atoms with E-state index >= 15 is 0 Å². The molecule has 4 rings (SSSR count). The molecule has 3 aliphatic rings. The quantitative estimate of drug-likeness (QED) is 0.258. The van der Waals surface area contributed by atoms with Gasteiger partial charge in [-0.2, -0.15) is 0 Å². The van der Waals surface area contributed by atoms with Gasteiger partial charge in [-0.15, -0.1) is 6.58 Å². The molecule has 1 aromatic rings. The van der Waals surface area contributed by atoms with Gasteiger partial charge in [0.25, 0.3) is 0 Å². The molecule has 2 saturated carbocycles. The van der Waals surface area contributed by atoms with Gasteiger partial charge in [-0.25, -0.2) is 4.79 Å². The first-order valence-electron chi connectivity index (χ1n) is 14.9. The van der Waals surface area contributed by atoms with Crippen molar-refractivity contribution in [2.24, 2.45) is 11.3 Å². The maximum Gasteiger partial charge on any atom is 0.408 e. The Balaban J connectivity index is 1.49. The number of aryl methyl sites for hydroxylation is 1. The van der Waals surface area contributed by atoms with E-state index in [0.29, 0.717) is 25.8 Å². The lowest BCUT2D eigenvalue weighted by molar-refractivity contribution is -0.142. The number of ether oxygens (including phenoxy) is 1. The van der Waals surface area contributed by atoms with Crippen molar-refractivity contribution >= 4 is 25.3 Å². The molecule has 3 amide bonds. The molecule has 0 aromatic heterocycles. The van der Waals surface area contributed by atoms with Gasteiger partial charge in [0.15, 0.2) is 0 Å². The highest BCUT2D eigenvalue weighted by molar-refractivity contribution is 7.59. The second-order valence-corrected chi connectivity index (χ2v) is 15.4. The third-order valence-corrected chi connectivity index (χ3v) is 11.5. The molecule has 226 valence electrons. The molecule has 1 heterocycles. The van der Waals surface area contributed by atoms with Crippen molar-refractivity contribution < 1.29 is 28.6 Å². The Morgan fingerprint density at radius 1 is 1.17 bits per heavy atom. The first-order valence-corrected chi connectivity index (χ1v) is 16.8. The molecular weight excluding hydrogens is 541 g/mol. The van der Waals surface area contributed by atoms with Crippen molar-refractivity contribution in [2.45, 2.75) is 109 Å². The van der Waals surface area contributed by atoms with Crippen molar-refractivity contribution in [3.05, 3.63) is 48.0 Å². The van der Waals surface area contributed by atoms with Crippen LogP contribution < -0.4 is 10.6 Å². The van der Waals surface area contributed by atoms with Crippen LogP contribution in [-0.4, -0.2) is 57.7 Å². The molecule has 5 atom stereocenters. The minimum atomic E-state index is -3.92. The molecule has 41 heavy (non-hydrogen) atoms. The van der Waals surface area contributed by atoms with E-state index < -0.39 is 42.1 Å². The van der Waals surface area contributed by atoms with E-state index in [9.17, 15) is 23.8 Å². The fraction of sp³-hybridized carbons (Fsp3) is 0.645. The summed E-state index contributed by atoms with van der Waals surface area (Å²) in [7, 11) is -3.92. The summed E-state index contributed by atoms with van der Waals surface area (Å²) in [6.07, 6.45) is 6.61. The summed E-state index contributed by atoms with van der Waals surface area (Å²) in [6.45, 7) is 11.8. The third kappa shape index (κ3) is 6.72. The summed E-state index contributed by atoms with van der Waals surface area (Å²) < 4.78 is 19.5. The van der Waals surface area contributed by atoms with E-state index in [1.54, 1.807) is 6.08 Å². The lowest BCUT2D eigenvalue weighted by atomic mass is 9.85. The predicted molar refractivity (Wildman–Crippen MR) is 158 cm³/mol. The maximum atomic E-state index is 13.9. The molecule has 3 N–H and O–H groups in total. The number of likely N-dealkylation sites (tertiary alicyclic amines) is 1. The van der Waals surface area contributed by atoms with Crippen molar-refractivity contribution in [2.75, 3.05) is 6.54 Å². The lowest BCUT2D eigenvalue weighted by Gasteiger charge is -2.36. The molecule has 0 bridgehead atoms. The number of nitrogens with one attached hydrogen (secondary N) is 2. The highest BCUT2D eigenvalue weighted by Crippen LogP contribution is 2.71. The molecule has 1 unspecified atom stereocenters. The van der Waals surface area contributed by atoms with Crippen LogP contribution in [0.4, 0.5) is 4.79 Å². The normalized spacial score (nSPS) is 26.6. The molecular formula is C31H46N3O6P. The van der Waals surface area contributed by atoms with Gasteiger partial charge in [0.05, 0.1) is 6.16 Å². The van der Waals surface area contributed by atoms with Gasteiger partial charge in [-0.1, -0.05) is 58.0 Å². The van der Waals surface area contributed by atoms with Crippen LogP contribution in [0.2, 0.25) is 0 Å². The standard InChI is InChI=1S/C31H46N3O6P/c1-6-21-13-8-9-14-22(21)20-41(38,39)31(19-23(31)7-2)33-27(35)25-17-12-18-34(25)28(36)26(30(3,4)5)32-29(37)40-24-15-10-11-16-24/h7-9,13-14,23-26H,2,6,10-12,15-20H2,1,3-5H3,(H,32,37)(H,33,35)(H,38,39)/t23-,25+,26-,31+/m1/s1. The predicted octanol–water partition coefficient (Wildman–Crippen LogP) is 5.11. The molecule has 10 heteroatoms. The SMILES string of the molecule is C=C[C@@H]1C[C@]1(NC(=O)[C@@H]1CCCN1C(=O)[C@@H](NC(=O)OC1CCCC1)C(C)(C)C)P(=O)(O)Cc1ccccc1CC. The Morgan fingerprint density at radius 2 is 1.83 bits per heavy atom. The maximum absolute atomic E-state index is 13.9. The van der Waals surface area contributed by atoms with Crippen LogP contribution in [-0.2, 0) is 31.5 Å². The van der Waals surface area contributed by atoms with E-state index in [1.165, 1.54) is 4.90 Å². The number of hydrogen-bond donors (Lipinski definition) is 3. The number of carbonyl (C=O) groups excluding carboxylic acids is 3. The van der Waals surface area contributed by atoms with Crippen LogP contribution in [0.1, 0.15) is 83.8 Å². The molecule has 9 nitrogen and oxygen atoms in total. The van der Waals surface area contributed by atoms with Crippen molar-refractivity contribution in [1.29, 1.82) is 0 Å². The van der Waals surface area contributed by atoms with E-state index in [0.717, 1.165) is 43.2 Å². The van der Waals surface area contributed by atoms with Crippen LogP contribution in [0.3, 0.4) is 0 Å². The van der Waals surface area contributed by atoms with E-state index in [2.05, 4.69) is 17.2 Å². The number of benzene rings is 1. The summed E-state index contributed by atoms with van der Waals surface area (Å²) in [5.41, 5.74) is 1.17. The number of alkyl carbamates (subject to hydrolysis) is 1. The Morgan fingerprint density at radius 3 is 2.41 bits per heavy atom. The summed E-state index contributed by atoms with van der Waals surface area (Å²) in [6, 6.07) is 5.87. The van der Waals surface area contributed by atoms with Gasteiger partial charge in [0.2, 0.25) is 19.2 Å². The average molecular weight is 588 g/mol. The molecule has 1 aliphatic heterocycles. The first kappa shape index (κ1) is 31.3. The van der Waals surface area contributed by atoms with Crippen LogP contribution in [0.25, 0.3) is 0 Å². The Hall–Kier alpha value is -2.64. The number of nitrogens with zero attached hydrogens (tertiary/aromatic N) is 1. The van der Waals surface area contributed by atoms with Gasteiger partial charge in [-0.3, -0.25) is 14.2 Å². The molecule has 1 saturated heterocycles. The monoisotopic (exact) mass is 587 g/mol. The summed E-state index contributed by atoms with van der Waals surface area (Å²) in [5, 5.41) is 4.40. The molecule has 0 spiro atoms. The largest absolute Gasteiger partial charge is 0.446 e. The fourth-order valence-electron chi connectivity index (χ4n) is 6.34. The van der Waals surface area contributed by atoms with Crippen molar-refractivity contribution in [3.63, 3.8) is 0 Å². The van der Waals surface area contributed by atoms with Gasteiger partial charge < -0.3 is 25.2 Å². The molecule has 3 fully saturated rings. The number of carbonyl (C=O) groups is 3. The Bertz CT molecular complexity index is 1210. The Kier molecular flexibility index (Phi) is 9.39. The van der Waals surface area contributed by atoms with Crippen LogP contribution in [0.15, 0.2) is 36.9 Å². The average Bonchev–Trinajstić information content (AvgIpc) is 3.24. The second kappa shape index (κ2) is 12.3. The van der Waals surface area contributed by atoms with Gasteiger partial charge in [-0.05, 0) is 67.9 Å². The highest BCUT2D eigenvalue weighted by atomic mass is 31.2. The topological polar surface area (TPSA) is 125 Å². The van der Waals surface area contributed by atoms with Gasteiger partial charge in [0, 0.05) is 12.5 Å². The van der Waals surface area contributed by atoms with E-state index in [1.807, 2.05) is 52.0 Å².